The van der Waals surface area contributed by atoms with Gasteiger partial charge in [0.1, 0.15) is 17.7 Å². The van der Waals surface area contributed by atoms with E-state index in [1.54, 1.807) is 73.6 Å². The molecule has 0 fully saturated rings. The van der Waals surface area contributed by atoms with Crippen molar-refractivity contribution in [1.82, 2.24) is 0 Å². The van der Waals surface area contributed by atoms with E-state index in [4.69, 9.17) is 5.73 Å². The molecule has 15 heteroatoms. The van der Waals surface area contributed by atoms with Gasteiger partial charge in [-0.1, -0.05) is 27.7 Å². The molecule has 3 N–H and O–H groups in total. The molecule has 6 aromatic carbocycles. The number of carbonyl (C=O) groups excluding carboxylic acids is 2. The Morgan fingerprint density at radius 3 is 1.43 bits per heavy atom. The van der Waals surface area contributed by atoms with E-state index in [2.05, 4.69) is 6.07 Å². The number of hydrogen-bond donors (Lipinski definition) is 2. The monoisotopic (exact) mass is 1150 g/mol. The SMILES string of the molecule is Cc1[c-]c(F)c(C)c(C)c1C.Cc1cc(C(=O)c2c(C)c(C)c(C)c(C)c2F)c(N)c(C)c1C.Cc1cc(C(O)c2c(C)c(C)c(C)c(C)c2F)c([N+](=O)[O-])c(C)c1C.Cc1cc(C=O)c([N+](=O)[O-])c(C)c1C.[I-].[Mg+2]. The molecule has 0 aliphatic carbocycles. The number of rotatable bonds is 7. The van der Waals surface area contributed by atoms with Gasteiger partial charge in [-0.05, 0) is 219 Å². The maximum absolute atomic E-state index is 14.9. The summed E-state index contributed by atoms with van der Waals surface area (Å²) in [5.74, 6) is -1.50. The second kappa shape index (κ2) is 27.0. The van der Waals surface area contributed by atoms with Crippen molar-refractivity contribution in [2.45, 2.75) is 152 Å². The number of hydrogen-bond acceptors (Lipinski definition) is 8. The minimum absolute atomic E-state index is 0. The molecule has 0 radical (unpaired) electrons. The Labute approximate surface area is 474 Å². The largest absolute Gasteiger partial charge is 2.00 e. The minimum Gasteiger partial charge on any atom is -1.00 e. The van der Waals surface area contributed by atoms with Crippen molar-refractivity contribution in [3.8, 4) is 0 Å². The second-order valence-electron chi connectivity index (χ2n) is 19.4. The van der Waals surface area contributed by atoms with Gasteiger partial charge in [0.15, 0.2) is 12.1 Å². The number of anilines is 1. The van der Waals surface area contributed by atoms with E-state index in [0.29, 0.717) is 56.5 Å². The van der Waals surface area contributed by atoms with Gasteiger partial charge in [-0.3, -0.25) is 29.8 Å². The number of aryl methyl sites for hydroxylation is 4. The fourth-order valence-electron chi connectivity index (χ4n) is 8.80. The van der Waals surface area contributed by atoms with Crippen molar-refractivity contribution in [3.05, 3.63) is 207 Å². The summed E-state index contributed by atoms with van der Waals surface area (Å²) in [5, 5.41) is 33.2. The van der Waals surface area contributed by atoms with Crippen LogP contribution in [0, 0.1) is 189 Å². The van der Waals surface area contributed by atoms with Gasteiger partial charge in [-0.2, -0.15) is 16.7 Å². The van der Waals surface area contributed by atoms with E-state index in [0.717, 1.165) is 77.9 Å². The number of nitrogen functional groups attached to an aromatic ring is 1. The van der Waals surface area contributed by atoms with Crippen LogP contribution in [0.1, 0.15) is 160 Å². The molecular weight excluding hydrogens is 1080 g/mol. The van der Waals surface area contributed by atoms with Gasteiger partial charge in [0.05, 0.1) is 26.5 Å². The molecule has 0 spiro atoms. The Morgan fingerprint density at radius 1 is 0.547 bits per heavy atom. The number of nitro groups is 2. The zero-order valence-electron chi connectivity index (χ0n) is 47.5. The van der Waals surface area contributed by atoms with Gasteiger partial charge in [0.2, 0.25) is 0 Å². The summed E-state index contributed by atoms with van der Waals surface area (Å²) in [6.45, 7) is 38.4. The van der Waals surface area contributed by atoms with Gasteiger partial charge in [-0.25, -0.2) is 13.2 Å². The van der Waals surface area contributed by atoms with Gasteiger partial charge < -0.3 is 34.8 Å². The molecular formula is C60H71F3IMgN3O7. The number of aliphatic hydroxyl groups is 1. The standard InChI is InChI=1S/C20H24FNO3.C20H24FNO.C10H12F.C10H11NO3.HI.Mg/c1-9-8-16(19(22(24)25)15(7)10(9)2)20(23)17-13(5)11(3)12(4)14(6)18(17)21;1-9-8-16(19(22)15(7)10(9)2)20(23)17-13(5)11(3)12(4)14(6)18(17)21;1-6-5-10(11)9(4)8(3)7(6)2;1-6-4-9(5-12)10(11(13)14)8(3)7(6)2;;/h8,20,23H,1-7H3;8H,22H2,1-7H3;1-4H3;4-5H,1-3H3;1H;/q;;-1;;;+2/p-1. The topological polar surface area (TPSA) is 167 Å². The van der Waals surface area contributed by atoms with Crippen molar-refractivity contribution in [1.29, 1.82) is 0 Å². The summed E-state index contributed by atoms with van der Waals surface area (Å²) in [6, 6.07) is 7.59. The quantitative estimate of drug-likeness (QED) is 0.0233. The first-order valence-corrected chi connectivity index (χ1v) is 23.8. The number of nitro benzene ring substituents is 2. The fourth-order valence-corrected chi connectivity index (χ4v) is 8.80. The Kier molecular flexibility index (Phi) is 24.3. The number of nitrogens with two attached hydrogens (primary N) is 1. The molecule has 1 atom stereocenters. The molecule has 0 aliphatic rings. The first-order chi connectivity index (χ1) is 33.6. The van der Waals surface area contributed by atoms with E-state index in [-0.39, 0.29) is 92.3 Å². The van der Waals surface area contributed by atoms with Crippen LogP contribution in [0.25, 0.3) is 0 Å². The summed E-state index contributed by atoms with van der Waals surface area (Å²) in [4.78, 5) is 45.0. The molecule has 0 aliphatic heterocycles. The first kappa shape index (κ1) is 67.5. The van der Waals surface area contributed by atoms with E-state index in [1.807, 2.05) is 90.0 Å². The van der Waals surface area contributed by atoms with Crippen LogP contribution < -0.4 is 29.7 Å². The Hall–Kier alpha value is -5.49. The summed E-state index contributed by atoms with van der Waals surface area (Å²) < 4.78 is 42.7. The normalized spacial score (nSPS) is 10.8. The van der Waals surface area contributed by atoms with Gasteiger partial charge >= 0.3 is 23.1 Å². The molecule has 0 saturated heterocycles. The van der Waals surface area contributed by atoms with Crippen molar-refractivity contribution in [2.24, 2.45) is 0 Å². The van der Waals surface area contributed by atoms with E-state index in [9.17, 15) is 48.1 Å². The third-order valence-corrected chi connectivity index (χ3v) is 15.6. The molecule has 6 aromatic rings. The van der Waals surface area contributed by atoms with E-state index < -0.39 is 27.6 Å². The summed E-state index contributed by atoms with van der Waals surface area (Å²) in [5.41, 5.74) is 24.3. The molecule has 0 heterocycles. The molecule has 1 unspecified atom stereocenters. The summed E-state index contributed by atoms with van der Waals surface area (Å²) in [7, 11) is 0. The Balaban J connectivity index is 0.000000519. The van der Waals surface area contributed by atoms with Crippen LogP contribution in [0.3, 0.4) is 0 Å². The Morgan fingerprint density at radius 2 is 0.947 bits per heavy atom. The van der Waals surface area contributed by atoms with Crippen molar-refractivity contribution in [3.63, 3.8) is 0 Å². The van der Waals surface area contributed by atoms with Gasteiger partial charge in [0.25, 0.3) is 11.4 Å². The molecule has 398 valence electrons. The number of aldehydes is 1. The van der Waals surface area contributed by atoms with Gasteiger partial charge in [-0.15, -0.1) is 11.6 Å². The smallest absolute Gasteiger partial charge is 1.00 e. The molecule has 75 heavy (non-hydrogen) atoms. The van der Waals surface area contributed by atoms with Crippen molar-refractivity contribution >= 4 is 52.2 Å². The van der Waals surface area contributed by atoms with E-state index in [1.165, 1.54) is 0 Å². The molecule has 0 bridgehead atoms. The first-order valence-electron chi connectivity index (χ1n) is 23.8. The molecule has 0 amide bonds. The van der Waals surface area contributed by atoms with Crippen LogP contribution in [-0.2, 0) is 0 Å². The van der Waals surface area contributed by atoms with E-state index >= 15 is 0 Å². The van der Waals surface area contributed by atoms with Crippen LogP contribution >= 0.6 is 0 Å². The van der Waals surface area contributed by atoms with Crippen LogP contribution in [0.4, 0.5) is 30.2 Å². The molecule has 10 nitrogen and oxygen atoms in total. The van der Waals surface area contributed by atoms with Crippen LogP contribution in [-0.4, -0.2) is 50.1 Å². The number of nitrogens with zero attached hydrogens (tertiary/aromatic N) is 2. The molecule has 0 saturated carbocycles. The molecule has 0 aromatic heterocycles. The van der Waals surface area contributed by atoms with Crippen LogP contribution in [0.5, 0.6) is 0 Å². The second-order valence-corrected chi connectivity index (χ2v) is 19.4. The fraction of sp³-hybridized carbons (Fsp3) is 0.367. The van der Waals surface area contributed by atoms with Crippen LogP contribution in [0.15, 0.2) is 18.2 Å². The van der Waals surface area contributed by atoms with Crippen molar-refractivity contribution < 1.29 is 61.7 Å². The summed E-state index contributed by atoms with van der Waals surface area (Å²) >= 11 is 0. The Bertz CT molecular complexity index is 3180. The maximum Gasteiger partial charge on any atom is 2.00 e. The van der Waals surface area contributed by atoms with Crippen LogP contribution in [0.2, 0.25) is 0 Å². The maximum atomic E-state index is 14.9. The number of ketones is 1. The predicted molar refractivity (Wildman–Crippen MR) is 293 cm³/mol. The van der Waals surface area contributed by atoms with Crippen molar-refractivity contribution in [2.75, 3.05) is 5.73 Å². The zero-order valence-corrected chi connectivity index (χ0v) is 51.0. The average Bonchev–Trinajstić information content (AvgIpc) is 3.33. The number of aliphatic hydroxyl groups excluding tert-OH is 1. The third kappa shape index (κ3) is 13.7. The number of carbonyl (C=O) groups is 2. The predicted octanol–water partition coefficient (Wildman–Crippen LogP) is 11.6. The molecule has 6 rings (SSSR count). The summed E-state index contributed by atoms with van der Waals surface area (Å²) in [6.07, 6.45) is -0.867. The number of benzene rings is 6. The third-order valence-electron chi connectivity index (χ3n) is 15.6. The minimum atomic E-state index is -1.39. The number of halogens is 4. The van der Waals surface area contributed by atoms with Gasteiger partial charge in [0, 0.05) is 33.8 Å². The average molecular weight is 1150 g/mol. The zero-order chi connectivity index (χ0) is 56.3.